The van der Waals surface area contributed by atoms with Gasteiger partial charge in [0.15, 0.2) is 5.65 Å². The second-order valence-electron chi connectivity index (χ2n) is 12.0. The second kappa shape index (κ2) is 11.1. The molecule has 0 spiro atoms. The molecule has 6 rings (SSSR count). The third-order valence-electron chi connectivity index (χ3n) is 8.33. The van der Waals surface area contributed by atoms with Crippen LogP contribution in [-0.2, 0) is 9.53 Å². The molecule has 3 aliphatic carbocycles. The summed E-state index contributed by atoms with van der Waals surface area (Å²) in [5.74, 6) is -3.03. The summed E-state index contributed by atoms with van der Waals surface area (Å²) in [5, 5.41) is 15.0. The van der Waals surface area contributed by atoms with Crippen molar-refractivity contribution in [3.63, 3.8) is 0 Å². The van der Waals surface area contributed by atoms with Gasteiger partial charge in [-0.1, -0.05) is 0 Å². The van der Waals surface area contributed by atoms with Crippen molar-refractivity contribution in [2.45, 2.75) is 95.4 Å². The van der Waals surface area contributed by atoms with Gasteiger partial charge in [-0.2, -0.15) is 10.2 Å². The third kappa shape index (κ3) is 6.42. The molecule has 10 nitrogen and oxygen atoms in total. The Hall–Kier alpha value is -3.41. The number of carbonyl (C=O) groups excluding carboxylic acids is 2. The molecule has 220 valence electrons. The molecule has 2 amide bonds. The van der Waals surface area contributed by atoms with Gasteiger partial charge in [-0.3, -0.25) is 14.3 Å². The number of carbonyl (C=O) groups is 2. The lowest BCUT2D eigenvalue weighted by atomic mass is 9.81. The average molecular weight is 570 g/mol. The van der Waals surface area contributed by atoms with Crippen molar-refractivity contribution in [1.82, 2.24) is 35.0 Å². The lowest BCUT2D eigenvalue weighted by Gasteiger charge is -2.33. The molecular weight excluding hydrogens is 532 g/mol. The van der Waals surface area contributed by atoms with E-state index < -0.39 is 12.0 Å². The molecule has 3 heterocycles. The monoisotopic (exact) mass is 569 g/mol. The smallest absolute Gasteiger partial charge is 0.270 e. The molecule has 1 unspecified atom stereocenters. The number of amides is 2. The van der Waals surface area contributed by atoms with E-state index >= 15 is 0 Å². The lowest BCUT2D eigenvalue weighted by Crippen LogP contribution is -2.38. The summed E-state index contributed by atoms with van der Waals surface area (Å²) in [5.41, 5.74) is 2.40. The van der Waals surface area contributed by atoms with Crippen molar-refractivity contribution in [3.05, 3.63) is 47.7 Å². The molecule has 3 fully saturated rings. The van der Waals surface area contributed by atoms with Gasteiger partial charge in [0.1, 0.15) is 12.3 Å². The maximum atomic E-state index is 14.0. The topological polar surface area (TPSA) is 115 Å². The van der Waals surface area contributed by atoms with Gasteiger partial charge in [0.05, 0.1) is 36.3 Å². The van der Waals surface area contributed by atoms with Gasteiger partial charge in [0.25, 0.3) is 5.91 Å². The van der Waals surface area contributed by atoms with Crippen molar-refractivity contribution in [3.8, 4) is 0 Å². The summed E-state index contributed by atoms with van der Waals surface area (Å²) in [6.45, 7) is 3.93. The molecule has 12 heteroatoms. The van der Waals surface area contributed by atoms with Gasteiger partial charge in [-0.15, -0.1) is 0 Å². The molecule has 2 N–H and O–H groups in total. The maximum Gasteiger partial charge on any atom is 0.270 e. The van der Waals surface area contributed by atoms with E-state index in [-0.39, 0.29) is 68.2 Å². The van der Waals surface area contributed by atoms with Crippen molar-refractivity contribution < 1.29 is 23.1 Å². The minimum atomic E-state index is -2.69. The van der Waals surface area contributed by atoms with E-state index in [9.17, 15) is 18.4 Å². The number of aromatic nitrogens is 5. The SMILES string of the molecule is CC(C)n1nccc1C(=O)N[C@H](c1cn2ncc(C(NC(=O)COC3CC3)C3CC3)cc2n1)C1CCC(F)(F)CC1. The van der Waals surface area contributed by atoms with E-state index in [1.54, 1.807) is 33.9 Å². The summed E-state index contributed by atoms with van der Waals surface area (Å²) in [7, 11) is 0. The zero-order chi connectivity index (χ0) is 28.7. The molecule has 0 aliphatic heterocycles. The first-order chi connectivity index (χ1) is 19.7. The van der Waals surface area contributed by atoms with Crippen LogP contribution in [0.25, 0.3) is 5.65 Å². The Balaban J connectivity index is 1.25. The van der Waals surface area contributed by atoms with Gasteiger partial charge in [-0.05, 0) is 81.9 Å². The minimum absolute atomic E-state index is 0.0180. The van der Waals surface area contributed by atoms with Crippen LogP contribution in [0.5, 0.6) is 0 Å². The first-order valence-corrected chi connectivity index (χ1v) is 14.7. The highest BCUT2D eigenvalue weighted by atomic mass is 19.3. The van der Waals surface area contributed by atoms with Crippen molar-refractivity contribution >= 4 is 17.5 Å². The van der Waals surface area contributed by atoms with Crippen LogP contribution >= 0.6 is 0 Å². The van der Waals surface area contributed by atoms with Crippen LogP contribution < -0.4 is 10.6 Å². The average Bonchev–Trinajstić information content (AvgIpc) is 3.86. The molecule has 41 heavy (non-hydrogen) atoms. The van der Waals surface area contributed by atoms with Crippen LogP contribution in [-0.4, -0.2) is 54.8 Å². The lowest BCUT2D eigenvalue weighted by molar-refractivity contribution is -0.127. The standard InChI is InChI=1S/C29H37F2N7O3/c1-17(2)38-23(9-12-32-38)28(40)36-27(19-7-10-29(30,31)11-8-19)22-15-37-24(34-22)13-20(14-33-37)26(18-3-4-18)35-25(39)16-41-21-5-6-21/h9,12-15,17-19,21,26-27H,3-8,10-11,16H2,1-2H3,(H,35,39)(H,36,40)/t26?,27-/m0/s1. The summed E-state index contributed by atoms with van der Waals surface area (Å²) in [6, 6.07) is 2.79. The van der Waals surface area contributed by atoms with Gasteiger partial charge in [0, 0.05) is 25.1 Å². The first kappa shape index (κ1) is 27.7. The second-order valence-corrected chi connectivity index (χ2v) is 12.0. The minimum Gasteiger partial charge on any atom is -0.368 e. The number of imidazole rings is 1. The Morgan fingerprint density at radius 3 is 2.46 bits per heavy atom. The van der Waals surface area contributed by atoms with Gasteiger partial charge >= 0.3 is 0 Å². The van der Waals surface area contributed by atoms with E-state index in [1.807, 2.05) is 19.9 Å². The normalized spacial score (nSPS) is 20.7. The Labute approximate surface area is 237 Å². The number of halogens is 2. The predicted molar refractivity (Wildman–Crippen MR) is 145 cm³/mol. The van der Waals surface area contributed by atoms with Gasteiger partial charge < -0.3 is 15.4 Å². The maximum absolute atomic E-state index is 14.0. The fourth-order valence-corrected chi connectivity index (χ4v) is 5.73. The Bertz CT molecular complexity index is 1400. The van der Waals surface area contributed by atoms with Crippen LogP contribution in [0.1, 0.15) is 105 Å². The third-order valence-corrected chi connectivity index (χ3v) is 8.33. The quantitative estimate of drug-likeness (QED) is 0.350. The number of alkyl halides is 2. The van der Waals surface area contributed by atoms with E-state index in [2.05, 4.69) is 20.8 Å². The van der Waals surface area contributed by atoms with E-state index in [0.29, 0.717) is 23.0 Å². The fourth-order valence-electron chi connectivity index (χ4n) is 5.73. The number of hydrogen-bond acceptors (Lipinski definition) is 6. The van der Waals surface area contributed by atoms with E-state index in [0.717, 1.165) is 31.2 Å². The number of fused-ring (bicyclic) bond motifs is 1. The molecule has 0 bridgehead atoms. The van der Waals surface area contributed by atoms with Crippen molar-refractivity contribution in [1.29, 1.82) is 0 Å². The Morgan fingerprint density at radius 2 is 1.78 bits per heavy atom. The van der Waals surface area contributed by atoms with Crippen molar-refractivity contribution in [2.75, 3.05) is 6.61 Å². The summed E-state index contributed by atoms with van der Waals surface area (Å²) in [4.78, 5) is 30.8. The highest BCUT2D eigenvalue weighted by Crippen LogP contribution is 2.43. The van der Waals surface area contributed by atoms with Crippen LogP contribution in [0.4, 0.5) is 8.78 Å². The van der Waals surface area contributed by atoms with Gasteiger partial charge in [0.2, 0.25) is 11.8 Å². The fraction of sp³-hybridized carbons (Fsp3) is 0.621. The molecule has 3 aromatic rings. The molecular formula is C29H37F2N7O3. The van der Waals surface area contributed by atoms with Crippen molar-refractivity contribution in [2.24, 2.45) is 11.8 Å². The zero-order valence-corrected chi connectivity index (χ0v) is 23.4. The molecule has 0 aromatic carbocycles. The van der Waals surface area contributed by atoms with Crippen LogP contribution in [0.15, 0.2) is 30.7 Å². The molecule has 3 aromatic heterocycles. The number of nitrogens with zero attached hydrogens (tertiary/aromatic N) is 5. The largest absolute Gasteiger partial charge is 0.368 e. The van der Waals surface area contributed by atoms with Crippen LogP contribution in [0.3, 0.4) is 0 Å². The number of hydrogen-bond donors (Lipinski definition) is 2. The van der Waals surface area contributed by atoms with Gasteiger partial charge in [-0.25, -0.2) is 18.3 Å². The summed E-state index contributed by atoms with van der Waals surface area (Å²) >= 11 is 0. The first-order valence-electron chi connectivity index (χ1n) is 14.7. The molecule has 2 atom stereocenters. The van der Waals surface area contributed by atoms with Crippen LogP contribution in [0.2, 0.25) is 0 Å². The highest BCUT2D eigenvalue weighted by Gasteiger charge is 2.40. The molecule has 0 saturated heterocycles. The molecule has 3 saturated carbocycles. The van der Waals surface area contributed by atoms with E-state index in [1.165, 1.54) is 0 Å². The number of rotatable bonds is 11. The number of ether oxygens (including phenoxy) is 1. The molecule has 0 radical (unpaired) electrons. The highest BCUT2D eigenvalue weighted by molar-refractivity contribution is 5.92. The predicted octanol–water partition coefficient (Wildman–Crippen LogP) is 4.55. The number of nitrogens with one attached hydrogen (secondary N) is 2. The summed E-state index contributed by atoms with van der Waals surface area (Å²) in [6.07, 6.45) is 9.42. The van der Waals surface area contributed by atoms with Crippen LogP contribution in [0, 0.1) is 11.8 Å². The summed E-state index contributed by atoms with van der Waals surface area (Å²) < 4.78 is 36.9. The molecule has 3 aliphatic rings. The zero-order valence-electron chi connectivity index (χ0n) is 23.4. The Morgan fingerprint density at radius 1 is 1.05 bits per heavy atom. The Kier molecular flexibility index (Phi) is 7.52. The van der Waals surface area contributed by atoms with E-state index in [4.69, 9.17) is 9.72 Å².